The molecule has 2 aromatic heterocycles. The molecule has 0 atom stereocenters. The molecule has 2 N–H and O–H groups in total. The minimum absolute atomic E-state index is 0.0390. The molecule has 0 saturated carbocycles. The van der Waals surface area contributed by atoms with E-state index in [1.165, 1.54) is 6.07 Å². The molecule has 24 heavy (non-hydrogen) atoms. The van der Waals surface area contributed by atoms with Gasteiger partial charge in [-0.3, -0.25) is 4.40 Å². The maximum atomic E-state index is 13.9. The number of anilines is 1. The predicted molar refractivity (Wildman–Crippen MR) is 91.8 cm³/mol. The average Bonchev–Trinajstić information content (AvgIpc) is 2.84. The Hall–Kier alpha value is -2.63. The summed E-state index contributed by atoms with van der Waals surface area (Å²) in [4.78, 5) is 8.73. The molecule has 0 unspecified atom stereocenters. The molecular weight excluding hydrogens is 307 g/mol. The molecule has 0 bridgehead atoms. The first-order valence-corrected chi connectivity index (χ1v) is 7.91. The monoisotopic (exact) mass is 328 g/mol. The summed E-state index contributed by atoms with van der Waals surface area (Å²) in [5.74, 6) is 1.58. The zero-order valence-electron chi connectivity index (χ0n) is 14.3. The Labute approximate surface area is 140 Å². The van der Waals surface area contributed by atoms with Crippen LogP contribution in [0.4, 0.5) is 10.2 Å². The highest BCUT2D eigenvalue weighted by atomic mass is 19.1. The van der Waals surface area contributed by atoms with Gasteiger partial charge in [-0.25, -0.2) is 14.4 Å². The van der Waals surface area contributed by atoms with Gasteiger partial charge in [0.2, 0.25) is 0 Å². The average molecular weight is 328 g/mol. The molecular formula is C18H21FN4O. The number of imidazole rings is 1. The van der Waals surface area contributed by atoms with Crippen LogP contribution < -0.4 is 10.5 Å². The van der Waals surface area contributed by atoms with Crippen LogP contribution in [-0.2, 0) is 6.42 Å². The zero-order valence-corrected chi connectivity index (χ0v) is 14.3. The topological polar surface area (TPSA) is 65.4 Å². The van der Waals surface area contributed by atoms with Crippen molar-refractivity contribution in [2.75, 3.05) is 5.73 Å². The van der Waals surface area contributed by atoms with Crippen molar-refractivity contribution in [1.82, 2.24) is 14.4 Å². The van der Waals surface area contributed by atoms with Crippen LogP contribution in [0.3, 0.4) is 0 Å². The van der Waals surface area contributed by atoms with Crippen LogP contribution in [0.15, 0.2) is 24.5 Å². The number of halogens is 1. The quantitative estimate of drug-likeness (QED) is 0.797. The van der Waals surface area contributed by atoms with E-state index in [1.54, 1.807) is 19.2 Å². The van der Waals surface area contributed by atoms with Crippen molar-refractivity contribution in [1.29, 1.82) is 0 Å². The highest BCUT2D eigenvalue weighted by Gasteiger charge is 2.17. The van der Waals surface area contributed by atoms with Crippen molar-refractivity contribution in [3.63, 3.8) is 0 Å². The summed E-state index contributed by atoms with van der Waals surface area (Å²) < 4.78 is 21.7. The normalized spacial score (nSPS) is 11.4. The molecule has 0 aliphatic carbocycles. The van der Waals surface area contributed by atoms with Gasteiger partial charge in [-0.05, 0) is 33.8 Å². The molecule has 0 radical (unpaired) electrons. The van der Waals surface area contributed by atoms with Crippen molar-refractivity contribution in [2.24, 2.45) is 0 Å². The van der Waals surface area contributed by atoms with Gasteiger partial charge in [0.1, 0.15) is 28.7 Å². The lowest BCUT2D eigenvalue weighted by molar-refractivity contribution is 0.237. The number of rotatable bonds is 4. The van der Waals surface area contributed by atoms with Gasteiger partial charge in [-0.2, -0.15) is 0 Å². The van der Waals surface area contributed by atoms with Crippen molar-refractivity contribution in [2.45, 2.75) is 40.2 Å². The molecule has 6 heteroatoms. The molecule has 0 saturated heterocycles. The minimum Gasteiger partial charge on any atom is -0.490 e. The Balaban J connectivity index is 2.09. The summed E-state index contributed by atoms with van der Waals surface area (Å²) in [6, 6.07) is 3.22. The van der Waals surface area contributed by atoms with E-state index in [1.807, 2.05) is 31.4 Å². The van der Waals surface area contributed by atoms with Gasteiger partial charge >= 0.3 is 0 Å². The standard InChI is InChI=1S/C18H21FN4O/c1-10(2)24-17-11(3)14(19)6-5-13(17)9-15-22-12(4)16-18(20)21-7-8-23(15)16/h5-8,10H,9H2,1-4H3,(H2,20,21). The molecule has 5 nitrogen and oxygen atoms in total. The molecule has 0 aliphatic heterocycles. The minimum atomic E-state index is -0.271. The number of aromatic nitrogens is 3. The largest absolute Gasteiger partial charge is 0.490 e. The zero-order chi connectivity index (χ0) is 17.4. The molecule has 0 aliphatic rings. The van der Waals surface area contributed by atoms with Crippen LogP contribution in [0.25, 0.3) is 5.52 Å². The number of nitrogen functional groups attached to an aromatic ring is 1. The lowest BCUT2D eigenvalue weighted by Gasteiger charge is -2.17. The molecule has 3 aromatic rings. The van der Waals surface area contributed by atoms with Crippen molar-refractivity contribution >= 4 is 11.3 Å². The molecule has 1 aromatic carbocycles. The SMILES string of the molecule is Cc1c(F)ccc(Cc2nc(C)c3c(N)nccn23)c1OC(C)C. The number of ether oxygens (including phenoxy) is 1. The van der Waals surface area contributed by atoms with Gasteiger partial charge in [0.15, 0.2) is 0 Å². The molecule has 3 rings (SSSR count). The Morgan fingerprint density at radius 2 is 2.04 bits per heavy atom. The van der Waals surface area contributed by atoms with Crippen LogP contribution in [0, 0.1) is 19.7 Å². The van der Waals surface area contributed by atoms with Gasteiger partial charge in [0, 0.05) is 29.9 Å². The first-order chi connectivity index (χ1) is 11.4. The summed E-state index contributed by atoms with van der Waals surface area (Å²) in [6.07, 6.45) is 3.96. The third-order valence-electron chi connectivity index (χ3n) is 3.95. The third kappa shape index (κ3) is 2.79. The molecule has 0 spiro atoms. The second-order valence-electron chi connectivity index (χ2n) is 6.15. The second-order valence-corrected chi connectivity index (χ2v) is 6.15. The summed E-state index contributed by atoms with van der Waals surface area (Å²) in [6.45, 7) is 7.48. The van der Waals surface area contributed by atoms with Crippen LogP contribution in [0.5, 0.6) is 5.75 Å². The fraction of sp³-hybridized carbons (Fsp3) is 0.333. The Kier molecular flexibility index (Phi) is 4.13. The molecule has 126 valence electrons. The van der Waals surface area contributed by atoms with Crippen LogP contribution in [0.2, 0.25) is 0 Å². The van der Waals surface area contributed by atoms with E-state index in [2.05, 4.69) is 9.97 Å². The maximum absolute atomic E-state index is 13.9. The van der Waals surface area contributed by atoms with E-state index >= 15 is 0 Å². The number of fused-ring (bicyclic) bond motifs is 1. The summed E-state index contributed by atoms with van der Waals surface area (Å²) >= 11 is 0. The number of hydrogen-bond acceptors (Lipinski definition) is 4. The molecule has 0 fully saturated rings. The van der Waals surface area contributed by atoms with E-state index < -0.39 is 0 Å². The first kappa shape index (κ1) is 16.2. The predicted octanol–water partition coefficient (Wildman–Crippen LogP) is 3.45. The van der Waals surface area contributed by atoms with E-state index in [-0.39, 0.29) is 11.9 Å². The van der Waals surface area contributed by atoms with Crippen molar-refractivity contribution < 1.29 is 9.13 Å². The third-order valence-corrected chi connectivity index (χ3v) is 3.95. The maximum Gasteiger partial charge on any atom is 0.149 e. The Morgan fingerprint density at radius 3 is 2.75 bits per heavy atom. The van der Waals surface area contributed by atoms with Gasteiger partial charge in [-0.1, -0.05) is 6.07 Å². The number of benzene rings is 1. The number of nitrogens with zero attached hydrogens (tertiary/aromatic N) is 3. The number of aryl methyl sites for hydroxylation is 1. The summed E-state index contributed by atoms with van der Waals surface area (Å²) in [5.41, 5.74) is 8.99. The van der Waals surface area contributed by atoms with Crippen LogP contribution in [-0.4, -0.2) is 20.5 Å². The van der Waals surface area contributed by atoms with Crippen molar-refractivity contribution in [3.8, 4) is 5.75 Å². The van der Waals surface area contributed by atoms with Crippen LogP contribution >= 0.6 is 0 Å². The second kappa shape index (κ2) is 6.11. The van der Waals surface area contributed by atoms with E-state index in [4.69, 9.17) is 10.5 Å². The number of nitrogens with two attached hydrogens (primary N) is 1. The van der Waals surface area contributed by atoms with Gasteiger partial charge < -0.3 is 10.5 Å². The molecule has 0 amide bonds. The van der Waals surface area contributed by atoms with Crippen molar-refractivity contribution in [3.05, 3.63) is 53.0 Å². The highest BCUT2D eigenvalue weighted by Crippen LogP contribution is 2.29. The van der Waals surface area contributed by atoms with E-state index in [0.29, 0.717) is 23.6 Å². The van der Waals surface area contributed by atoms with Gasteiger partial charge in [-0.15, -0.1) is 0 Å². The fourth-order valence-electron chi connectivity index (χ4n) is 2.87. The van der Waals surface area contributed by atoms with E-state index in [0.717, 1.165) is 22.6 Å². The summed E-state index contributed by atoms with van der Waals surface area (Å²) in [7, 11) is 0. The van der Waals surface area contributed by atoms with Gasteiger partial charge in [0.05, 0.1) is 11.8 Å². The van der Waals surface area contributed by atoms with Crippen LogP contribution in [0.1, 0.15) is 36.5 Å². The molecule has 2 heterocycles. The van der Waals surface area contributed by atoms with Gasteiger partial charge in [0.25, 0.3) is 0 Å². The van der Waals surface area contributed by atoms with E-state index in [9.17, 15) is 4.39 Å². The Morgan fingerprint density at radius 1 is 1.29 bits per heavy atom. The first-order valence-electron chi connectivity index (χ1n) is 7.91. The fourth-order valence-corrected chi connectivity index (χ4v) is 2.87. The smallest absolute Gasteiger partial charge is 0.149 e. The lowest BCUT2D eigenvalue weighted by atomic mass is 10.1. The highest BCUT2D eigenvalue weighted by molar-refractivity contribution is 5.68. The lowest BCUT2D eigenvalue weighted by Crippen LogP contribution is -2.10. The Bertz CT molecular complexity index is 902. The number of hydrogen-bond donors (Lipinski definition) is 1. The summed E-state index contributed by atoms with van der Waals surface area (Å²) in [5, 5.41) is 0.